The van der Waals surface area contributed by atoms with Crippen LogP contribution in [0.4, 0.5) is 0 Å². The highest BCUT2D eigenvalue weighted by Crippen LogP contribution is 2.15. The van der Waals surface area contributed by atoms with Gasteiger partial charge in [-0.2, -0.15) is 0 Å². The number of hydrogen-bond acceptors (Lipinski definition) is 3. The number of aliphatic hydroxyl groups is 1. The van der Waals surface area contributed by atoms with E-state index in [0.29, 0.717) is 25.0 Å². The van der Waals surface area contributed by atoms with Gasteiger partial charge in [-0.15, -0.1) is 0 Å². The Morgan fingerprint density at radius 3 is 2.53 bits per heavy atom. The molecule has 0 aliphatic carbocycles. The molecule has 0 spiro atoms. The third-order valence-electron chi connectivity index (χ3n) is 2.98. The second kappa shape index (κ2) is 8.70. The zero-order chi connectivity index (χ0) is 14.1. The molecule has 1 atom stereocenters. The maximum atomic E-state index is 11.5. The molecule has 0 aliphatic heterocycles. The van der Waals surface area contributed by atoms with Gasteiger partial charge in [0.15, 0.2) is 0 Å². The molecule has 0 saturated carbocycles. The summed E-state index contributed by atoms with van der Waals surface area (Å²) < 4.78 is 5.24. The molecule has 1 aromatic rings. The van der Waals surface area contributed by atoms with Gasteiger partial charge >= 0.3 is 5.97 Å². The van der Waals surface area contributed by atoms with Crippen molar-refractivity contribution >= 4 is 5.97 Å². The maximum Gasteiger partial charge on any atom is 0.311 e. The van der Waals surface area contributed by atoms with Gasteiger partial charge in [0.05, 0.1) is 6.10 Å². The molecule has 1 unspecified atom stereocenters. The SMILES string of the molecule is CCCCc1ccc(OC(=O)CCCC(C)O)cc1. The van der Waals surface area contributed by atoms with Crippen LogP contribution in [0, 0.1) is 0 Å². The molecular weight excluding hydrogens is 240 g/mol. The van der Waals surface area contributed by atoms with Crippen molar-refractivity contribution in [2.45, 2.75) is 58.5 Å². The molecule has 106 valence electrons. The summed E-state index contributed by atoms with van der Waals surface area (Å²) in [6, 6.07) is 7.71. The second-order valence-electron chi connectivity index (χ2n) is 4.96. The van der Waals surface area contributed by atoms with Crippen molar-refractivity contribution in [3.63, 3.8) is 0 Å². The van der Waals surface area contributed by atoms with Crippen LogP contribution >= 0.6 is 0 Å². The Morgan fingerprint density at radius 1 is 1.26 bits per heavy atom. The summed E-state index contributed by atoms with van der Waals surface area (Å²) >= 11 is 0. The molecule has 0 aliphatic rings. The summed E-state index contributed by atoms with van der Waals surface area (Å²) in [7, 11) is 0. The van der Waals surface area contributed by atoms with E-state index >= 15 is 0 Å². The summed E-state index contributed by atoms with van der Waals surface area (Å²) in [5.41, 5.74) is 1.27. The van der Waals surface area contributed by atoms with E-state index in [9.17, 15) is 4.79 Å². The Bertz CT molecular complexity index is 368. The monoisotopic (exact) mass is 264 g/mol. The standard InChI is InChI=1S/C16H24O3/c1-3-4-7-14-9-11-15(12-10-14)19-16(18)8-5-6-13(2)17/h9-13,17H,3-8H2,1-2H3. The minimum absolute atomic E-state index is 0.234. The molecule has 0 radical (unpaired) electrons. The van der Waals surface area contributed by atoms with Gasteiger partial charge in [-0.05, 0) is 50.3 Å². The van der Waals surface area contributed by atoms with Gasteiger partial charge < -0.3 is 9.84 Å². The first-order valence-electron chi connectivity index (χ1n) is 7.09. The highest BCUT2D eigenvalue weighted by Gasteiger charge is 2.06. The van der Waals surface area contributed by atoms with E-state index in [4.69, 9.17) is 9.84 Å². The number of carbonyl (C=O) groups excluding carboxylic acids is 1. The van der Waals surface area contributed by atoms with E-state index in [1.54, 1.807) is 6.92 Å². The maximum absolute atomic E-state index is 11.5. The largest absolute Gasteiger partial charge is 0.427 e. The zero-order valence-corrected chi connectivity index (χ0v) is 11.9. The number of aliphatic hydroxyl groups excluding tert-OH is 1. The molecule has 19 heavy (non-hydrogen) atoms. The molecule has 0 saturated heterocycles. The zero-order valence-electron chi connectivity index (χ0n) is 11.9. The van der Waals surface area contributed by atoms with Crippen LogP contribution < -0.4 is 4.74 Å². The highest BCUT2D eigenvalue weighted by molar-refractivity contribution is 5.72. The Hall–Kier alpha value is -1.35. The molecule has 3 nitrogen and oxygen atoms in total. The lowest BCUT2D eigenvalue weighted by Gasteiger charge is -2.06. The van der Waals surface area contributed by atoms with Crippen molar-refractivity contribution in [1.82, 2.24) is 0 Å². The molecule has 3 heteroatoms. The van der Waals surface area contributed by atoms with Crippen LogP contribution in [0.1, 0.15) is 51.5 Å². The lowest BCUT2D eigenvalue weighted by atomic mass is 10.1. The lowest BCUT2D eigenvalue weighted by Crippen LogP contribution is -2.09. The van der Waals surface area contributed by atoms with E-state index < -0.39 is 0 Å². The Morgan fingerprint density at radius 2 is 1.95 bits per heavy atom. The average Bonchev–Trinajstić information content (AvgIpc) is 2.37. The lowest BCUT2D eigenvalue weighted by molar-refractivity contribution is -0.134. The number of benzene rings is 1. The van der Waals surface area contributed by atoms with Gasteiger partial charge in [-0.1, -0.05) is 25.5 Å². The van der Waals surface area contributed by atoms with Gasteiger partial charge in [0, 0.05) is 6.42 Å². The van der Waals surface area contributed by atoms with Gasteiger partial charge in [-0.25, -0.2) is 0 Å². The molecule has 1 aromatic carbocycles. The van der Waals surface area contributed by atoms with Crippen molar-refractivity contribution < 1.29 is 14.6 Å². The van der Waals surface area contributed by atoms with Crippen molar-refractivity contribution in [2.24, 2.45) is 0 Å². The van der Waals surface area contributed by atoms with Crippen LogP contribution in [0.15, 0.2) is 24.3 Å². The third kappa shape index (κ3) is 6.97. The summed E-state index contributed by atoms with van der Waals surface area (Å²) in [5.74, 6) is 0.365. The van der Waals surface area contributed by atoms with Crippen LogP contribution in [0.2, 0.25) is 0 Å². The van der Waals surface area contributed by atoms with E-state index in [1.807, 2.05) is 24.3 Å². The molecule has 0 amide bonds. The van der Waals surface area contributed by atoms with Crippen LogP contribution in [0.3, 0.4) is 0 Å². The first-order valence-corrected chi connectivity index (χ1v) is 7.09. The van der Waals surface area contributed by atoms with E-state index in [2.05, 4.69) is 6.92 Å². The summed E-state index contributed by atoms with van der Waals surface area (Å²) in [4.78, 5) is 11.5. The van der Waals surface area contributed by atoms with Crippen molar-refractivity contribution in [3.8, 4) is 5.75 Å². The Labute approximate surface area is 115 Å². The first-order chi connectivity index (χ1) is 9.11. The number of esters is 1. The molecule has 0 aromatic heterocycles. The van der Waals surface area contributed by atoms with E-state index in [0.717, 1.165) is 6.42 Å². The Kier molecular flexibility index (Phi) is 7.19. The molecule has 1 rings (SSSR count). The van der Waals surface area contributed by atoms with Crippen molar-refractivity contribution in [3.05, 3.63) is 29.8 Å². The predicted octanol–water partition coefficient (Wildman–Crippen LogP) is 3.49. The van der Waals surface area contributed by atoms with Crippen LogP contribution in [0.25, 0.3) is 0 Å². The smallest absolute Gasteiger partial charge is 0.311 e. The van der Waals surface area contributed by atoms with Crippen LogP contribution in [-0.4, -0.2) is 17.2 Å². The third-order valence-corrected chi connectivity index (χ3v) is 2.98. The molecule has 0 heterocycles. The number of rotatable bonds is 8. The Balaban J connectivity index is 2.33. The first kappa shape index (κ1) is 15.7. The fourth-order valence-corrected chi connectivity index (χ4v) is 1.83. The van der Waals surface area contributed by atoms with Crippen molar-refractivity contribution in [1.29, 1.82) is 0 Å². The number of carbonyl (C=O) groups is 1. The fraction of sp³-hybridized carbons (Fsp3) is 0.562. The van der Waals surface area contributed by atoms with Gasteiger partial charge in [0.25, 0.3) is 0 Å². The predicted molar refractivity (Wildman–Crippen MR) is 76.2 cm³/mol. The highest BCUT2D eigenvalue weighted by atomic mass is 16.5. The molecular formula is C16H24O3. The number of aryl methyl sites for hydroxylation is 1. The molecule has 0 fully saturated rings. The van der Waals surface area contributed by atoms with E-state index in [-0.39, 0.29) is 12.1 Å². The summed E-state index contributed by atoms with van der Waals surface area (Å²) in [6.45, 7) is 3.89. The average molecular weight is 264 g/mol. The van der Waals surface area contributed by atoms with Gasteiger partial charge in [0.1, 0.15) is 5.75 Å². The topological polar surface area (TPSA) is 46.5 Å². The van der Waals surface area contributed by atoms with Crippen LogP contribution in [-0.2, 0) is 11.2 Å². The minimum Gasteiger partial charge on any atom is -0.427 e. The van der Waals surface area contributed by atoms with Gasteiger partial charge in [-0.3, -0.25) is 4.79 Å². The van der Waals surface area contributed by atoms with E-state index in [1.165, 1.54) is 18.4 Å². The number of hydrogen-bond donors (Lipinski definition) is 1. The number of ether oxygens (including phenoxy) is 1. The van der Waals surface area contributed by atoms with Crippen molar-refractivity contribution in [2.75, 3.05) is 0 Å². The summed E-state index contributed by atoms with van der Waals surface area (Å²) in [5, 5.41) is 9.10. The summed E-state index contributed by atoms with van der Waals surface area (Å²) in [6.07, 6.45) is 4.71. The van der Waals surface area contributed by atoms with Gasteiger partial charge in [0.2, 0.25) is 0 Å². The minimum atomic E-state index is -0.356. The number of unbranched alkanes of at least 4 members (excludes halogenated alkanes) is 1. The quantitative estimate of drug-likeness (QED) is 0.577. The fourth-order valence-electron chi connectivity index (χ4n) is 1.83. The second-order valence-corrected chi connectivity index (χ2v) is 4.96. The molecule has 1 N–H and O–H groups in total. The van der Waals surface area contributed by atoms with Crippen LogP contribution in [0.5, 0.6) is 5.75 Å². The normalized spacial score (nSPS) is 12.2. The molecule has 0 bridgehead atoms.